The number of alkyl carbamates (subject to hydrolysis) is 1. The fourth-order valence-electron chi connectivity index (χ4n) is 5.57. The first-order valence-electron chi connectivity index (χ1n) is 11.2. The highest BCUT2D eigenvalue weighted by Gasteiger charge is 2.51. The molecule has 2 unspecified atom stereocenters. The van der Waals surface area contributed by atoms with Gasteiger partial charge in [-0.15, -0.1) is 0 Å². The van der Waals surface area contributed by atoms with Gasteiger partial charge in [-0.3, -0.25) is 0 Å². The van der Waals surface area contributed by atoms with Crippen molar-refractivity contribution >= 4 is 12.1 Å². The Morgan fingerprint density at radius 2 is 1.55 bits per heavy atom. The van der Waals surface area contributed by atoms with Crippen LogP contribution in [0.2, 0.25) is 0 Å². The monoisotopic (exact) mass is 420 g/mol. The van der Waals surface area contributed by atoms with E-state index in [2.05, 4.69) is 34.9 Å². The van der Waals surface area contributed by atoms with Crippen LogP contribution in [0.25, 0.3) is 11.1 Å². The van der Waals surface area contributed by atoms with Crippen LogP contribution in [0.4, 0.5) is 4.79 Å². The summed E-state index contributed by atoms with van der Waals surface area (Å²) < 4.78 is 11.1. The van der Waals surface area contributed by atoms with Crippen molar-refractivity contribution in [3.8, 4) is 11.1 Å². The van der Waals surface area contributed by atoms with Gasteiger partial charge in [0.15, 0.2) is 0 Å². The highest BCUT2D eigenvalue weighted by Crippen LogP contribution is 2.44. The molecule has 2 bridgehead atoms. The minimum atomic E-state index is -1.02. The summed E-state index contributed by atoms with van der Waals surface area (Å²) >= 11 is 0. The van der Waals surface area contributed by atoms with Gasteiger partial charge >= 0.3 is 12.1 Å². The van der Waals surface area contributed by atoms with Gasteiger partial charge in [0, 0.05) is 18.0 Å². The van der Waals surface area contributed by atoms with Crippen LogP contribution in [-0.2, 0) is 14.3 Å². The summed E-state index contributed by atoms with van der Waals surface area (Å²) in [5.74, 6) is -0.372. The summed E-state index contributed by atoms with van der Waals surface area (Å²) in [5, 5.41) is 6.43. The highest BCUT2D eigenvalue weighted by atomic mass is 16.6. The first-order chi connectivity index (χ1) is 15.1. The number of hydrogen-bond acceptors (Lipinski definition) is 5. The molecule has 0 spiro atoms. The van der Waals surface area contributed by atoms with Gasteiger partial charge in [-0.25, -0.2) is 9.59 Å². The Morgan fingerprint density at radius 3 is 2.13 bits per heavy atom. The standard InChI is InChI=1S/C25H28N2O4/c1-2-30-23(28)25(13-16-11-12-17(14-25)26-16)27-24(29)31-15-22-20-9-5-3-7-18(20)19-8-4-6-10-21(19)22/h3-10,16-17,22,26H,2,11-15H2,1H3,(H,27,29). The molecule has 1 aliphatic carbocycles. The fourth-order valence-corrected chi connectivity index (χ4v) is 5.57. The van der Waals surface area contributed by atoms with Gasteiger partial charge in [0.2, 0.25) is 0 Å². The van der Waals surface area contributed by atoms with Crippen molar-refractivity contribution in [1.29, 1.82) is 0 Å². The SMILES string of the molecule is CCOC(=O)C1(NC(=O)OCC2c3ccccc3-c3ccccc32)CC2CCC(C1)N2. The molecule has 2 saturated heterocycles. The van der Waals surface area contributed by atoms with E-state index in [1.54, 1.807) is 6.92 Å². The molecule has 2 fully saturated rings. The van der Waals surface area contributed by atoms with Crippen molar-refractivity contribution < 1.29 is 19.1 Å². The van der Waals surface area contributed by atoms with Crippen molar-refractivity contribution in [3.63, 3.8) is 0 Å². The van der Waals surface area contributed by atoms with Crippen LogP contribution in [-0.4, -0.2) is 42.9 Å². The minimum absolute atomic E-state index is 0.0131. The molecule has 2 aromatic carbocycles. The van der Waals surface area contributed by atoms with Crippen molar-refractivity contribution in [2.24, 2.45) is 0 Å². The van der Waals surface area contributed by atoms with Crippen LogP contribution in [0.5, 0.6) is 0 Å². The maximum Gasteiger partial charge on any atom is 0.408 e. The van der Waals surface area contributed by atoms with E-state index in [1.165, 1.54) is 11.1 Å². The minimum Gasteiger partial charge on any atom is -0.464 e. The van der Waals surface area contributed by atoms with Gasteiger partial charge in [-0.05, 0) is 54.9 Å². The Morgan fingerprint density at radius 1 is 0.968 bits per heavy atom. The van der Waals surface area contributed by atoms with E-state index in [1.807, 2.05) is 24.3 Å². The number of benzene rings is 2. The molecule has 162 valence electrons. The number of ether oxygens (including phenoxy) is 2. The average molecular weight is 421 g/mol. The zero-order valence-electron chi connectivity index (χ0n) is 17.7. The first kappa shape index (κ1) is 20.1. The van der Waals surface area contributed by atoms with Crippen LogP contribution in [0.1, 0.15) is 49.7 Å². The van der Waals surface area contributed by atoms with Crippen LogP contribution >= 0.6 is 0 Å². The Bertz CT molecular complexity index is 947. The highest BCUT2D eigenvalue weighted by molar-refractivity contribution is 5.86. The Hall–Kier alpha value is -2.86. The fraction of sp³-hybridized carbons (Fsp3) is 0.440. The molecule has 2 aromatic rings. The summed E-state index contributed by atoms with van der Waals surface area (Å²) in [6.07, 6.45) is 2.53. The lowest BCUT2D eigenvalue weighted by Crippen LogP contribution is -2.63. The molecule has 6 heteroatoms. The number of amides is 1. The quantitative estimate of drug-likeness (QED) is 0.721. The molecule has 0 saturated carbocycles. The van der Waals surface area contributed by atoms with Gasteiger partial charge < -0.3 is 20.1 Å². The number of hydrogen-bond donors (Lipinski definition) is 2. The number of carbonyl (C=O) groups is 2. The number of rotatable bonds is 5. The van der Waals surface area contributed by atoms with Gasteiger partial charge in [-0.2, -0.15) is 0 Å². The molecule has 5 rings (SSSR count). The molecule has 31 heavy (non-hydrogen) atoms. The predicted octanol–water partition coefficient (Wildman–Crippen LogP) is 3.74. The summed E-state index contributed by atoms with van der Waals surface area (Å²) in [4.78, 5) is 25.7. The third-order valence-corrected chi connectivity index (χ3v) is 6.88. The van der Waals surface area contributed by atoms with E-state index in [-0.39, 0.29) is 37.2 Å². The second-order valence-corrected chi connectivity index (χ2v) is 8.80. The summed E-state index contributed by atoms with van der Waals surface area (Å²) in [7, 11) is 0. The molecule has 2 N–H and O–H groups in total. The van der Waals surface area contributed by atoms with E-state index >= 15 is 0 Å². The van der Waals surface area contributed by atoms with E-state index in [9.17, 15) is 9.59 Å². The lowest BCUT2D eigenvalue weighted by molar-refractivity contribution is -0.153. The Balaban J connectivity index is 1.32. The number of piperidine rings is 1. The molecule has 2 aliphatic heterocycles. The van der Waals surface area contributed by atoms with Crippen LogP contribution < -0.4 is 10.6 Å². The molecule has 3 aliphatic rings. The lowest BCUT2D eigenvalue weighted by atomic mass is 9.84. The molecular formula is C25H28N2O4. The third-order valence-electron chi connectivity index (χ3n) is 6.88. The van der Waals surface area contributed by atoms with Gasteiger partial charge in [0.25, 0.3) is 0 Å². The van der Waals surface area contributed by atoms with Crippen LogP contribution in [0.15, 0.2) is 48.5 Å². The molecule has 2 heterocycles. The summed E-state index contributed by atoms with van der Waals surface area (Å²) in [6, 6.07) is 16.9. The number of nitrogens with one attached hydrogen (secondary N) is 2. The van der Waals surface area contributed by atoms with Crippen molar-refractivity contribution in [1.82, 2.24) is 10.6 Å². The maximum atomic E-state index is 12.9. The van der Waals surface area contributed by atoms with Gasteiger partial charge in [0.05, 0.1) is 6.61 Å². The van der Waals surface area contributed by atoms with E-state index < -0.39 is 11.6 Å². The molecule has 0 radical (unpaired) electrons. The molecule has 1 amide bonds. The number of fused-ring (bicyclic) bond motifs is 5. The largest absolute Gasteiger partial charge is 0.464 e. The van der Waals surface area contributed by atoms with E-state index in [0.29, 0.717) is 12.8 Å². The zero-order valence-corrected chi connectivity index (χ0v) is 17.7. The van der Waals surface area contributed by atoms with Crippen molar-refractivity contribution in [2.75, 3.05) is 13.2 Å². The Kier molecular flexibility index (Phi) is 5.18. The summed E-state index contributed by atoms with van der Waals surface area (Å²) in [6.45, 7) is 2.30. The Labute approximate surface area is 182 Å². The van der Waals surface area contributed by atoms with Gasteiger partial charge in [0.1, 0.15) is 12.1 Å². The second-order valence-electron chi connectivity index (χ2n) is 8.80. The topological polar surface area (TPSA) is 76.7 Å². The first-order valence-corrected chi connectivity index (χ1v) is 11.2. The normalized spacial score (nSPS) is 26.1. The predicted molar refractivity (Wildman–Crippen MR) is 117 cm³/mol. The molecule has 2 atom stereocenters. The maximum absolute atomic E-state index is 12.9. The average Bonchev–Trinajstić information content (AvgIpc) is 3.29. The van der Waals surface area contributed by atoms with Crippen molar-refractivity contribution in [3.05, 3.63) is 59.7 Å². The number of esters is 1. The van der Waals surface area contributed by atoms with E-state index in [4.69, 9.17) is 9.47 Å². The molecular weight excluding hydrogens is 392 g/mol. The molecule has 0 aromatic heterocycles. The van der Waals surface area contributed by atoms with Crippen LogP contribution in [0.3, 0.4) is 0 Å². The zero-order chi connectivity index (χ0) is 21.4. The van der Waals surface area contributed by atoms with Gasteiger partial charge in [-0.1, -0.05) is 48.5 Å². The van der Waals surface area contributed by atoms with E-state index in [0.717, 1.165) is 24.0 Å². The van der Waals surface area contributed by atoms with Crippen LogP contribution in [0, 0.1) is 0 Å². The third kappa shape index (κ3) is 3.59. The molecule has 6 nitrogen and oxygen atoms in total. The summed E-state index contributed by atoms with van der Waals surface area (Å²) in [5.41, 5.74) is 3.68. The van der Waals surface area contributed by atoms with Crippen molar-refractivity contribution in [2.45, 2.75) is 56.1 Å². The second kappa shape index (κ2) is 8.00. The number of carbonyl (C=O) groups excluding carboxylic acids is 2. The smallest absolute Gasteiger partial charge is 0.408 e. The lowest BCUT2D eigenvalue weighted by Gasteiger charge is -2.39.